The summed E-state index contributed by atoms with van der Waals surface area (Å²) in [5.41, 5.74) is 0.744. The lowest BCUT2D eigenvalue weighted by Crippen LogP contribution is -2.42. The van der Waals surface area contributed by atoms with E-state index in [9.17, 15) is 12.8 Å². The Morgan fingerprint density at radius 1 is 0.962 bits per heavy atom. The van der Waals surface area contributed by atoms with Crippen molar-refractivity contribution < 1.29 is 27.0 Å². The van der Waals surface area contributed by atoms with Gasteiger partial charge in [-0.3, -0.25) is 0 Å². The number of hydrogen-bond donors (Lipinski definition) is 0. The van der Waals surface area contributed by atoms with Crippen LogP contribution in [0.1, 0.15) is 11.7 Å². The lowest BCUT2D eigenvalue weighted by Gasteiger charge is -2.32. The van der Waals surface area contributed by atoms with Crippen LogP contribution in [0.3, 0.4) is 0 Å². The Morgan fingerprint density at radius 2 is 1.69 bits per heavy atom. The zero-order valence-electron chi connectivity index (χ0n) is 13.9. The molecule has 138 valence electrons. The Kier molecular flexibility index (Phi) is 4.56. The number of nitrogens with zero attached hydrogens (tertiary/aromatic N) is 1. The predicted octanol–water partition coefficient (Wildman–Crippen LogP) is 2.36. The molecule has 2 aromatic rings. The summed E-state index contributed by atoms with van der Waals surface area (Å²) in [6.07, 6.45) is -0.434. The molecule has 0 radical (unpaired) electrons. The van der Waals surface area contributed by atoms with Crippen LogP contribution in [0.25, 0.3) is 0 Å². The van der Waals surface area contributed by atoms with Crippen molar-refractivity contribution in [3.8, 4) is 11.5 Å². The lowest BCUT2D eigenvalue weighted by molar-refractivity contribution is -0.00259. The highest BCUT2D eigenvalue weighted by molar-refractivity contribution is 7.89. The van der Waals surface area contributed by atoms with Crippen molar-refractivity contribution in [2.75, 3.05) is 32.9 Å². The molecule has 8 heteroatoms. The summed E-state index contributed by atoms with van der Waals surface area (Å²) in [4.78, 5) is 0.154. The molecule has 2 aromatic carbocycles. The number of halogens is 1. The van der Waals surface area contributed by atoms with Gasteiger partial charge in [0.05, 0.1) is 17.6 Å². The molecular weight excluding hydrogens is 361 g/mol. The van der Waals surface area contributed by atoms with Gasteiger partial charge in [0.25, 0.3) is 0 Å². The van der Waals surface area contributed by atoms with Crippen LogP contribution in [-0.4, -0.2) is 45.6 Å². The van der Waals surface area contributed by atoms with E-state index in [0.29, 0.717) is 24.7 Å². The summed E-state index contributed by atoms with van der Waals surface area (Å²) >= 11 is 0. The Bertz CT molecular complexity index is 900. The maximum Gasteiger partial charge on any atom is 0.243 e. The van der Waals surface area contributed by atoms with E-state index in [1.54, 1.807) is 18.2 Å². The summed E-state index contributed by atoms with van der Waals surface area (Å²) in [5.74, 6) is 0.632. The first kappa shape index (κ1) is 17.3. The molecule has 2 heterocycles. The largest absolute Gasteiger partial charge is 0.486 e. The van der Waals surface area contributed by atoms with Crippen molar-refractivity contribution in [2.24, 2.45) is 0 Å². The minimum absolute atomic E-state index is 0.154. The van der Waals surface area contributed by atoms with Gasteiger partial charge < -0.3 is 14.2 Å². The maximum atomic E-state index is 13.1. The SMILES string of the molecule is O=S(=O)(c1ccc2c(c1)OCCO2)N1CCO[C@@H](c2ccc(F)cc2)C1. The number of hydrogen-bond acceptors (Lipinski definition) is 5. The molecule has 0 N–H and O–H groups in total. The third-order valence-electron chi connectivity index (χ3n) is 4.42. The summed E-state index contributed by atoms with van der Waals surface area (Å²) in [6, 6.07) is 10.5. The van der Waals surface area contributed by atoms with Crippen LogP contribution in [0.15, 0.2) is 47.4 Å². The monoisotopic (exact) mass is 379 g/mol. The molecule has 1 atom stereocenters. The first-order chi connectivity index (χ1) is 12.5. The molecule has 0 aliphatic carbocycles. The minimum atomic E-state index is -3.70. The lowest BCUT2D eigenvalue weighted by atomic mass is 10.1. The zero-order chi connectivity index (χ0) is 18.1. The Balaban J connectivity index is 1.58. The third kappa shape index (κ3) is 3.27. The molecule has 0 spiro atoms. The molecule has 0 saturated carbocycles. The van der Waals surface area contributed by atoms with E-state index in [4.69, 9.17) is 14.2 Å². The van der Waals surface area contributed by atoms with Gasteiger partial charge >= 0.3 is 0 Å². The molecule has 0 unspecified atom stereocenters. The number of sulfonamides is 1. The predicted molar refractivity (Wildman–Crippen MR) is 91.3 cm³/mol. The zero-order valence-corrected chi connectivity index (χ0v) is 14.7. The molecule has 4 rings (SSSR count). The third-order valence-corrected chi connectivity index (χ3v) is 6.28. The highest BCUT2D eigenvalue weighted by atomic mass is 32.2. The highest BCUT2D eigenvalue weighted by Gasteiger charge is 2.32. The van der Waals surface area contributed by atoms with Crippen LogP contribution in [0.5, 0.6) is 11.5 Å². The Labute approximate surface area is 151 Å². The Hall–Kier alpha value is -2.16. The normalized spacial score (nSPS) is 20.7. The second kappa shape index (κ2) is 6.86. The van der Waals surface area contributed by atoms with Crippen LogP contribution in [0.4, 0.5) is 4.39 Å². The van der Waals surface area contributed by atoms with E-state index in [1.807, 2.05) is 0 Å². The van der Waals surface area contributed by atoms with Crippen LogP contribution >= 0.6 is 0 Å². The van der Waals surface area contributed by atoms with E-state index < -0.39 is 16.1 Å². The van der Waals surface area contributed by atoms with Gasteiger partial charge in [-0.05, 0) is 29.8 Å². The standard InChI is InChI=1S/C18H18FNO5S/c19-14-3-1-13(2-4-14)18-12-20(7-8-23-18)26(21,22)15-5-6-16-17(11-15)25-10-9-24-16/h1-6,11,18H,7-10,12H2/t18-/m1/s1. The van der Waals surface area contributed by atoms with E-state index in [1.165, 1.54) is 28.6 Å². The molecule has 6 nitrogen and oxygen atoms in total. The van der Waals surface area contributed by atoms with Crippen LogP contribution in [0.2, 0.25) is 0 Å². The van der Waals surface area contributed by atoms with Crippen LogP contribution in [0, 0.1) is 5.82 Å². The topological polar surface area (TPSA) is 65.1 Å². The second-order valence-corrected chi connectivity index (χ2v) is 8.02. The van der Waals surface area contributed by atoms with E-state index >= 15 is 0 Å². The molecular formula is C18H18FNO5S. The van der Waals surface area contributed by atoms with Gasteiger partial charge in [0.1, 0.15) is 19.0 Å². The van der Waals surface area contributed by atoms with Gasteiger partial charge in [-0.15, -0.1) is 0 Å². The quantitative estimate of drug-likeness (QED) is 0.819. The van der Waals surface area contributed by atoms with Gasteiger partial charge in [-0.2, -0.15) is 4.31 Å². The first-order valence-electron chi connectivity index (χ1n) is 8.31. The van der Waals surface area contributed by atoms with Crippen molar-refractivity contribution in [1.82, 2.24) is 4.31 Å². The van der Waals surface area contributed by atoms with Crippen LogP contribution in [-0.2, 0) is 14.8 Å². The van der Waals surface area contributed by atoms with E-state index in [2.05, 4.69) is 0 Å². The number of fused-ring (bicyclic) bond motifs is 1. The number of morpholine rings is 1. The van der Waals surface area contributed by atoms with Gasteiger partial charge in [0.2, 0.25) is 10.0 Å². The maximum absolute atomic E-state index is 13.1. The summed E-state index contributed by atoms with van der Waals surface area (Å²) < 4.78 is 57.1. The van der Waals surface area contributed by atoms with Gasteiger partial charge in [0.15, 0.2) is 11.5 Å². The number of ether oxygens (including phenoxy) is 3. The fraction of sp³-hybridized carbons (Fsp3) is 0.333. The van der Waals surface area contributed by atoms with Gasteiger partial charge in [-0.1, -0.05) is 12.1 Å². The van der Waals surface area contributed by atoms with E-state index in [0.717, 1.165) is 5.56 Å². The van der Waals surface area contributed by atoms with Crippen molar-refractivity contribution >= 4 is 10.0 Å². The molecule has 2 aliphatic rings. The summed E-state index contributed by atoms with van der Waals surface area (Å²) in [7, 11) is -3.70. The molecule has 1 saturated heterocycles. The fourth-order valence-corrected chi connectivity index (χ4v) is 4.50. The van der Waals surface area contributed by atoms with Crippen molar-refractivity contribution in [3.63, 3.8) is 0 Å². The van der Waals surface area contributed by atoms with Crippen molar-refractivity contribution in [2.45, 2.75) is 11.0 Å². The molecule has 0 amide bonds. The minimum Gasteiger partial charge on any atom is -0.486 e. The summed E-state index contributed by atoms with van der Waals surface area (Å²) in [6.45, 7) is 1.53. The van der Waals surface area contributed by atoms with Gasteiger partial charge in [0, 0.05) is 19.2 Å². The van der Waals surface area contributed by atoms with Gasteiger partial charge in [-0.25, -0.2) is 12.8 Å². The molecule has 26 heavy (non-hydrogen) atoms. The molecule has 0 aromatic heterocycles. The molecule has 2 aliphatic heterocycles. The number of benzene rings is 2. The second-order valence-electron chi connectivity index (χ2n) is 6.08. The average Bonchev–Trinajstić information content (AvgIpc) is 2.68. The number of rotatable bonds is 3. The Morgan fingerprint density at radius 3 is 2.46 bits per heavy atom. The van der Waals surface area contributed by atoms with Crippen molar-refractivity contribution in [1.29, 1.82) is 0 Å². The first-order valence-corrected chi connectivity index (χ1v) is 9.75. The fourth-order valence-electron chi connectivity index (χ4n) is 3.06. The van der Waals surface area contributed by atoms with Crippen molar-refractivity contribution in [3.05, 3.63) is 53.8 Å². The highest BCUT2D eigenvalue weighted by Crippen LogP contribution is 2.34. The summed E-state index contributed by atoms with van der Waals surface area (Å²) in [5, 5.41) is 0. The smallest absolute Gasteiger partial charge is 0.243 e. The van der Waals surface area contributed by atoms with E-state index in [-0.39, 0.29) is 30.4 Å². The molecule has 1 fully saturated rings. The van der Waals surface area contributed by atoms with Crippen LogP contribution < -0.4 is 9.47 Å². The average molecular weight is 379 g/mol. The molecule has 0 bridgehead atoms.